The third-order valence-corrected chi connectivity index (χ3v) is 3.29. The number of amides is 1. The van der Waals surface area contributed by atoms with Crippen molar-refractivity contribution in [1.82, 2.24) is 9.72 Å². The van der Waals surface area contributed by atoms with Gasteiger partial charge in [0.2, 0.25) is 5.88 Å². The van der Waals surface area contributed by atoms with Gasteiger partial charge in [0.25, 0.3) is 17.4 Å². The first-order chi connectivity index (χ1) is 10.9. The SMILES string of the molecule is Cc1cc(/N=N/c2c(C)c(C(N)=O)c(=O)n(CCS)c2O)on1. The van der Waals surface area contributed by atoms with Crippen molar-refractivity contribution in [3.63, 3.8) is 0 Å². The van der Waals surface area contributed by atoms with Gasteiger partial charge in [0.1, 0.15) is 11.3 Å². The summed E-state index contributed by atoms with van der Waals surface area (Å²) in [6.45, 7) is 3.24. The van der Waals surface area contributed by atoms with Crippen LogP contribution in [0.2, 0.25) is 0 Å². The van der Waals surface area contributed by atoms with Gasteiger partial charge in [-0.2, -0.15) is 12.6 Å². The molecule has 2 rings (SSSR count). The normalized spacial score (nSPS) is 11.3. The van der Waals surface area contributed by atoms with Crippen molar-refractivity contribution >= 4 is 30.1 Å². The molecular weight excluding hydrogens is 322 g/mol. The molecule has 0 aliphatic carbocycles. The minimum absolute atomic E-state index is 0.0470. The van der Waals surface area contributed by atoms with E-state index in [0.717, 1.165) is 4.57 Å². The number of nitrogens with two attached hydrogens (primary N) is 1. The van der Waals surface area contributed by atoms with Crippen LogP contribution in [0.1, 0.15) is 21.6 Å². The zero-order valence-corrected chi connectivity index (χ0v) is 13.4. The topological polar surface area (TPSA) is 136 Å². The number of nitrogens with zero attached hydrogens (tertiary/aromatic N) is 4. The van der Waals surface area contributed by atoms with Gasteiger partial charge in [0.15, 0.2) is 0 Å². The molecule has 0 unspecified atom stereocenters. The Morgan fingerprint density at radius 3 is 2.70 bits per heavy atom. The van der Waals surface area contributed by atoms with E-state index in [1.54, 1.807) is 6.92 Å². The number of carbonyl (C=O) groups excluding carboxylic acids is 1. The van der Waals surface area contributed by atoms with Crippen molar-refractivity contribution in [1.29, 1.82) is 0 Å². The molecular formula is C13H15N5O4S. The molecule has 0 bridgehead atoms. The van der Waals surface area contributed by atoms with Gasteiger partial charge < -0.3 is 15.4 Å². The van der Waals surface area contributed by atoms with Crippen molar-refractivity contribution < 1.29 is 14.4 Å². The van der Waals surface area contributed by atoms with Gasteiger partial charge in [-0.05, 0) is 13.8 Å². The fourth-order valence-corrected chi connectivity index (χ4v) is 2.22. The highest BCUT2D eigenvalue weighted by atomic mass is 32.1. The lowest BCUT2D eigenvalue weighted by Crippen LogP contribution is -2.31. The Morgan fingerprint density at radius 2 is 2.17 bits per heavy atom. The summed E-state index contributed by atoms with van der Waals surface area (Å²) in [6.07, 6.45) is 0. The largest absolute Gasteiger partial charge is 0.493 e. The van der Waals surface area contributed by atoms with E-state index in [1.807, 2.05) is 0 Å². The van der Waals surface area contributed by atoms with E-state index >= 15 is 0 Å². The summed E-state index contributed by atoms with van der Waals surface area (Å²) in [5, 5.41) is 21.6. The molecule has 0 aromatic carbocycles. The summed E-state index contributed by atoms with van der Waals surface area (Å²) >= 11 is 4.02. The highest BCUT2D eigenvalue weighted by molar-refractivity contribution is 7.80. The summed E-state index contributed by atoms with van der Waals surface area (Å²) in [4.78, 5) is 23.8. The summed E-state index contributed by atoms with van der Waals surface area (Å²) in [5.41, 5.74) is 5.00. The molecule has 23 heavy (non-hydrogen) atoms. The third kappa shape index (κ3) is 3.26. The van der Waals surface area contributed by atoms with E-state index in [1.165, 1.54) is 13.0 Å². The Kier molecular flexibility index (Phi) is 4.84. The summed E-state index contributed by atoms with van der Waals surface area (Å²) < 4.78 is 5.85. The van der Waals surface area contributed by atoms with Gasteiger partial charge in [0.05, 0.1) is 5.69 Å². The maximum atomic E-state index is 12.2. The molecule has 3 N–H and O–H groups in total. The van der Waals surface area contributed by atoms with Crippen molar-refractivity contribution in [2.45, 2.75) is 20.4 Å². The molecule has 0 spiro atoms. The molecule has 0 aliphatic rings. The van der Waals surface area contributed by atoms with Gasteiger partial charge in [0, 0.05) is 23.9 Å². The van der Waals surface area contributed by atoms with E-state index in [-0.39, 0.29) is 35.0 Å². The fourth-order valence-electron chi connectivity index (χ4n) is 2.02. The fraction of sp³-hybridized carbons (Fsp3) is 0.308. The zero-order chi connectivity index (χ0) is 17.1. The molecule has 0 saturated heterocycles. The Balaban J connectivity index is 2.64. The highest BCUT2D eigenvalue weighted by Crippen LogP contribution is 2.32. The molecule has 0 radical (unpaired) electrons. The molecule has 9 nitrogen and oxygen atoms in total. The number of azo groups is 1. The van der Waals surface area contributed by atoms with Crippen LogP contribution in [0.3, 0.4) is 0 Å². The summed E-state index contributed by atoms with van der Waals surface area (Å²) in [5.74, 6) is -0.945. The van der Waals surface area contributed by atoms with Crippen LogP contribution in [0.15, 0.2) is 25.6 Å². The van der Waals surface area contributed by atoms with E-state index in [2.05, 4.69) is 28.0 Å². The van der Waals surface area contributed by atoms with Crippen LogP contribution in [0.4, 0.5) is 11.6 Å². The molecule has 0 atom stereocenters. The third-order valence-electron chi connectivity index (χ3n) is 3.09. The van der Waals surface area contributed by atoms with Crippen LogP contribution in [0, 0.1) is 13.8 Å². The van der Waals surface area contributed by atoms with Gasteiger partial charge in [-0.15, -0.1) is 10.2 Å². The molecule has 0 aliphatic heterocycles. The van der Waals surface area contributed by atoms with Crippen molar-refractivity contribution in [3.8, 4) is 5.88 Å². The lowest BCUT2D eigenvalue weighted by Gasteiger charge is -2.13. The Labute approximate surface area is 136 Å². The van der Waals surface area contributed by atoms with E-state index in [4.69, 9.17) is 10.3 Å². The molecule has 122 valence electrons. The number of pyridine rings is 1. The number of primary amides is 1. The summed E-state index contributed by atoms with van der Waals surface area (Å²) in [7, 11) is 0. The molecule has 2 aromatic heterocycles. The Morgan fingerprint density at radius 1 is 1.48 bits per heavy atom. The Bertz CT molecular complexity index is 840. The second-order valence-corrected chi connectivity index (χ2v) is 5.17. The average Bonchev–Trinajstić information content (AvgIpc) is 2.88. The van der Waals surface area contributed by atoms with E-state index in [9.17, 15) is 14.7 Å². The van der Waals surface area contributed by atoms with Crippen LogP contribution < -0.4 is 11.3 Å². The minimum atomic E-state index is -0.910. The molecule has 2 heterocycles. The first kappa shape index (κ1) is 16.7. The van der Waals surface area contributed by atoms with Crippen LogP contribution in [0.5, 0.6) is 5.88 Å². The maximum Gasteiger partial charge on any atom is 0.269 e. The minimum Gasteiger partial charge on any atom is -0.493 e. The van der Waals surface area contributed by atoms with Crippen LogP contribution in [-0.2, 0) is 6.54 Å². The smallest absolute Gasteiger partial charge is 0.269 e. The van der Waals surface area contributed by atoms with Crippen LogP contribution in [0.25, 0.3) is 0 Å². The van der Waals surface area contributed by atoms with Gasteiger partial charge in [-0.1, -0.05) is 5.16 Å². The average molecular weight is 337 g/mol. The van der Waals surface area contributed by atoms with E-state index in [0.29, 0.717) is 5.69 Å². The number of aryl methyl sites for hydroxylation is 1. The first-order valence-corrected chi connectivity index (χ1v) is 7.22. The predicted molar refractivity (Wildman–Crippen MR) is 84.9 cm³/mol. The zero-order valence-electron chi connectivity index (χ0n) is 12.5. The van der Waals surface area contributed by atoms with Gasteiger partial charge >= 0.3 is 0 Å². The number of carbonyl (C=O) groups is 1. The van der Waals surface area contributed by atoms with Crippen molar-refractivity contribution in [2.24, 2.45) is 16.0 Å². The number of aromatic nitrogens is 2. The van der Waals surface area contributed by atoms with E-state index < -0.39 is 17.3 Å². The molecule has 0 fully saturated rings. The van der Waals surface area contributed by atoms with Crippen molar-refractivity contribution in [2.75, 3.05) is 5.75 Å². The quantitative estimate of drug-likeness (QED) is 0.562. The number of aromatic hydroxyl groups is 1. The van der Waals surface area contributed by atoms with Crippen molar-refractivity contribution in [3.05, 3.63) is 33.2 Å². The predicted octanol–water partition coefficient (Wildman–Crippen LogP) is 1.60. The Hall–Kier alpha value is -2.62. The van der Waals surface area contributed by atoms with Gasteiger partial charge in [-0.25, -0.2) is 0 Å². The second kappa shape index (κ2) is 6.65. The number of rotatable bonds is 5. The maximum absolute atomic E-state index is 12.2. The molecule has 1 amide bonds. The summed E-state index contributed by atoms with van der Waals surface area (Å²) in [6, 6.07) is 1.54. The van der Waals surface area contributed by atoms with Crippen LogP contribution in [-0.4, -0.2) is 26.5 Å². The van der Waals surface area contributed by atoms with Gasteiger partial charge in [-0.3, -0.25) is 14.2 Å². The second-order valence-electron chi connectivity index (χ2n) is 4.72. The lowest BCUT2D eigenvalue weighted by atomic mass is 10.1. The number of hydrogen-bond donors (Lipinski definition) is 3. The van der Waals surface area contributed by atoms with Crippen LogP contribution >= 0.6 is 12.6 Å². The highest BCUT2D eigenvalue weighted by Gasteiger charge is 2.22. The number of hydrogen-bond acceptors (Lipinski definition) is 8. The standard InChI is InChI=1S/C13H15N5O4S/c1-6-5-8(22-17-6)15-16-10-7(2)9(11(14)19)12(20)18(3-4-23)13(10)21/h5,21,23H,3-4H2,1-2H3,(H2,14,19)/b16-15+. The monoisotopic (exact) mass is 337 g/mol. The molecule has 0 saturated carbocycles. The first-order valence-electron chi connectivity index (χ1n) is 6.59. The molecule has 2 aromatic rings. The molecule has 10 heteroatoms. The number of thiol groups is 1. The lowest BCUT2D eigenvalue weighted by molar-refractivity contribution is 0.0997.